The highest BCUT2D eigenvalue weighted by Crippen LogP contribution is 2.34. The number of rotatable bonds is 12. The van der Waals surface area contributed by atoms with E-state index in [0.717, 1.165) is 11.1 Å². The molecule has 0 spiro atoms. The Kier molecular flexibility index (Phi) is 10.5. The predicted molar refractivity (Wildman–Crippen MR) is 169 cm³/mol. The maximum Gasteiger partial charge on any atom is 0.311 e. The maximum atomic E-state index is 13.9. The van der Waals surface area contributed by atoms with E-state index >= 15 is 0 Å². The predicted octanol–water partition coefficient (Wildman–Crippen LogP) is 5.44. The number of sulfone groups is 1. The molecule has 0 bridgehead atoms. The fourth-order valence-electron chi connectivity index (χ4n) is 4.60. The standard InChI is InChI=1S/C31H32ClN3O6S2/c1-19-15-20(2)17-22(16-19)43(39,40)29-24-18-21(32)10-11-25(24)35-28(29)31(38)34-13-6-12-33-30(37)23-7-3-4-8-26(23)41-27(36)9-5-14-42/h3-4,7-8,10-11,15-18,35,42H,5-6,9,12-14H2,1-2H3,(H,33,37)(H,34,38). The van der Waals surface area contributed by atoms with E-state index in [0.29, 0.717) is 34.5 Å². The normalized spacial score (nSPS) is 11.3. The van der Waals surface area contributed by atoms with Crippen LogP contribution in [0.25, 0.3) is 10.9 Å². The van der Waals surface area contributed by atoms with Gasteiger partial charge in [-0.1, -0.05) is 29.8 Å². The van der Waals surface area contributed by atoms with Gasteiger partial charge >= 0.3 is 5.97 Å². The average molecular weight is 642 g/mol. The molecule has 0 aliphatic carbocycles. The van der Waals surface area contributed by atoms with Crippen molar-refractivity contribution >= 4 is 62.8 Å². The SMILES string of the molecule is Cc1cc(C)cc(S(=O)(=O)c2c(C(=O)NCCCNC(=O)c3ccccc3OC(=O)CCCS)[nH]c3ccc(Cl)cc23)c1. The maximum absolute atomic E-state index is 13.9. The van der Waals surface area contributed by atoms with Crippen molar-refractivity contribution in [3.05, 3.63) is 88.1 Å². The van der Waals surface area contributed by atoms with E-state index in [9.17, 15) is 22.8 Å². The third kappa shape index (κ3) is 7.78. The first-order valence-corrected chi connectivity index (χ1v) is 16.1. The van der Waals surface area contributed by atoms with Crippen LogP contribution in [0.2, 0.25) is 5.02 Å². The quantitative estimate of drug-likeness (QED) is 0.0705. The number of aromatic nitrogens is 1. The number of amides is 2. The molecule has 0 saturated carbocycles. The van der Waals surface area contributed by atoms with Gasteiger partial charge in [0.25, 0.3) is 11.8 Å². The Balaban J connectivity index is 1.44. The number of halogens is 1. The Bertz CT molecular complexity index is 1770. The zero-order valence-corrected chi connectivity index (χ0v) is 26.2. The van der Waals surface area contributed by atoms with Crippen LogP contribution in [-0.4, -0.2) is 50.0 Å². The van der Waals surface area contributed by atoms with Gasteiger partial charge in [-0.2, -0.15) is 12.6 Å². The summed E-state index contributed by atoms with van der Waals surface area (Å²) in [5, 5.41) is 6.14. The average Bonchev–Trinajstić information content (AvgIpc) is 3.35. The monoisotopic (exact) mass is 641 g/mol. The Morgan fingerprint density at radius 3 is 2.28 bits per heavy atom. The van der Waals surface area contributed by atoms with Crippen LogP contribution in [0.4, 0.5) is 0 Å². The fourth-order valence-corrected chi connectivity index (χ4v) is 6.72. The van der Waals surface area contributed by atoms with E-state index < -0.39 is 27.6 Å². The number of carbonyl (C=O) groups excluding carboxylic acids is 3. The first-order chi connectivity index (χ1) is 20.5. The van der Waals surface area contributed by atoms with E-state index in [1.807, 2.05) is 6.07 Å². The lowest BCUT2D eigenvalue weighted by molar-refractivity contribution is -0.134. The van der Waals surface area contributed by atoms with E-state index in [-0.39, 0.29) is 46.3 Å². The van der Waals surface area contributed by atoms with Gasteiger partial charge in [0.1, 0.15) is 16.3 Å². The number of benzene rings is 3. The number of H-pyrrole nitrogens is 1. The second kappa shape index (κ2) is 14.1. The molecule has 43 heavy (non-hydrogen) atoms. The molecule has 1 aromatic heterocycles. The van der Waals surface area contributed by atoms with Crippen molar-refractivity contribution < 1.29 is 27.5 Å². The van der Waals surface area contributed by atoms with Gasteiger partial charge in [-0.25, -0.2) is 8.42 Å². The van der Waals surface area contributed by atoms with Crippen LogP contribution in [0.15, 0.2) is 70.5 Å². The van der Waals surface area contributed by atoms with E-state index in [4.69, 9.17) is 16.3 Å². The number of hydrogen-bond acceptors (Lipinski definition) is 7. The minimum atomic E-state index is -4.10. The van der Waals surface area contributed by atoms with Crippen LogP contribution in [0.5, 0.6) is 5.75 Å². The Morgan fingerprint density at radius 2 is 1.58 bits per heavy atom. The smallest absolute Gasteiger partial charge is 0.311 e. The molecule has 4 aromatic rings. The third-order valence-corrected chi connectivity index (χ3v) is 8.90. The molecule has 0 unspecified atom stereocenters. The van der Waals surface area contributed by atoms with Gasteiger partial charge in [-0.05, 0) is 86.0 Å². The fraction of sp³-hybridized carbons (Fsp3) is 0.258. The van der Waals surface area contributed by atoms with Crippen molar-refractivity contribution in [3.63, 3.8) is 0 Å². The lowest BCUT2D eigenvalue weighted by Gasteiger charge is -2.11. The van der Waals surface area contributed by atoms with Crippen LogP contribution in [0.3, 0.4) is 0 Å². The zero-order chi connectivity index (χ0) is 31.1. The number of aromatic amines is 1. The largest absolute Gasteiger partial charge is 0.426 e. The van der Waals surface area contributed by atoms with E-state index in [2.05, 4.69) is 28.2 Å². The van der Waals surface area contributed by atoms with Crippen molar-refractivity contribution in [3.8, 4) is 5.75 Å². The highest BCUT2D eigenvalue weighted by molar-refractivity contribution is 7.91. The number of nitrogens with one attached hydrogen (secondary N) is 3. The van der Waals surface area contributed by atoms with Crippen LogP contribution < -0.4 is 15.4 Å². The van der Waals surface area contributed by atoms with Crippen LogP contribution in [0.1, 0.15) is 51.2 Å². The molecule has 0 radical (unpaired) electrons. The van der Waals surface area contributed by atoms with Crippen molar-refractivity contribution in [2.24, 2.45) is 0 Å². The molecule has 2 amide bonds. The third-order valence-electron chi connectivity index (χ3n) is 6.53. The molecule has 0 saturated heterocycles. The summed E-state index contributed by atoms with van der Waals surface area (Å²) in [4.78, 5) is 40.9. The number of carbonyl (C=O) groups is 3. The van der Waals surface area contributed by atoms with Crippen LogP contribution in [-0.2, 0) is 14.6 Å². The molecular formula is C31H32ClN3O6S2. The number of fused-ring (bicyclic) bond motifs is 1. The first-order valence-electron chi connectivity index (χ1n) is 13.6. The minimum absolute atomic E-state index is 0.0790. The summed E-state index contributed by atoms with van der Waals surface area (Å²) >= 11 is 10.3. The van der Waals surface area contributed by atoms with Crippen molar-refractivity contribution in [2.75, 3.05) is 18.8 Å². The van der Waals surface area contributed by atoms with Crippen molar-refractivity contribution in [2.45, 2.75) is 42.9 Å². The highest BCUT2D eigenvalue weighted by Gasteiger charge is 2.30. The highest BCUT2D eigenvalue weighted by atomic mass is 35.5. The molecule has 0 aliphatic rings. The van der Waals surface area contributed by atoms with E-state index in [1.54, 1.807) is 62.4 Å². The minimum Gasteiger partial charge on any atom is -0.426 e. The van der Waals surface area contributed by atoms with Gasteiger partial charge in [-0.15, -0.1) is 0 Å². The van der Waals surface area contributed by atoms with Crippen LogP contribution >= 0.6 is 24.2 Å². The summed E-state index contributed by atoms with van der Waals surface area (Å²) in [6, 6.07) is 16.2. The molecular weight excluding hydrogens is 610 g/mol. The van der Waals surface area contributed by atoms with Gasteiger partial charge < -0.3 is 20.4 Å². The molecule has 3 aromatic carbocycles. The number of ether oxygens (including phenoxy) is 1. The van der Waals surface area contributed by atoms with Gasteiger partial charge in [-0.3, -0.25) is 14.4 Å². The van der Waals surface area contributed by atoms with Crippen LogP contribution in [0, 0.1) is 13.8 Å². The number of aryl methyl sites for hydroxylation is 2. The molecule has 0 fully saturated rings. The molecule has 226 valence electrons. The summed E-state index contributed by atoms with van der Waals surface area (Å²) in [6.45, 7) is 3.97. The second-order valence-corrected chi connectivity index (χ2v) is 12.8. The van der Waals surface area contributed by atoms with Crippen molar-refractivity contribution in [1.82, 2.24) is 15.6 Å². The Labute approximate surface area is 260 Å². The second-order valence-electron chi connectivity index (χ2n) is 10.0. The first kappa shape index (κ1) is 32.1. The van der Waals surface area contributed by atoms with Gasteiger partial charge in [0.15, 0.2) is 0 Å². The molecule has 0 atom stereocenters. The molecule has 0 aliphatic heterocycles. The number of esters is 1. The Morgan fingerprint density at radius 1 is 0.907 bits per heavy atom. The van der Waals surface area contributed by atoms with Gasteiger partial charge in [0.05, 0.1) is 10.5 Å². The number of para-hydroxylation sites is 1. The number of thiol groups is 1. The zero-order valence-electron chi connectivity index (χ0n) is 23.7. The Hall–Kier alpha value is -3.80. The summed E-state index contributed by atoms with van der Waals surface area (Å²) in [6.07, 6.45) is 1.11. The number of hydrogen-bond donors (Lipinski definition) is 4. The lowest BCUT2D eigenvalue weighted by Crippen LogP contribution is -2.31. The topological polar surface area (TPSA) is 134 Å². The summed E-state index contributed by atoms with van der Waals surface area (Å²) in [5.41, 5.74) is 2.12. The summed E-state index contributed by atoms with van der Waals surface area (Å²) in [5.74, 6) is -0.784. The molecule has 9 nitrogen and oxygen atoms in total. The molecule has 3 N–H and O–H groups in total. The summed E-state index contributed by atoms with van der Waals surface area (Å²) < 4.78 is 33.1. The summed E-state index contributed by atoms with van der Waals surface area (Å²) in [7, 11) is -4.10. The molecule has 1 heterocycles. The van der Waals surface area contributed by atoms with Crippen molar-refractivity contribution in [1.29, 1.82) is 0 Å². The van der Waals surface area contributed by atoms with Gasteiger partial charge in [0.2, 0.25) is 9.84 Å². The lowest BCUT2D eigenvalue weighted by atomic mass is 10.2. The van der Waals surface area contributed by atoms with E-state index in [1.165, 1.54) is 6.07 Å². The molecule has 12 heteroatoms. The molecule has 4 rings (SSSR count). The van der Waals surface area contributed by atoms with Gasteiger partial charge in [0, 0.05) is 35.4 Å².